The van der Waals surface area contributed by atoms with Crippen molar-refractivity contribution in [3.8, 4) is 0 Å². The molecule has 1 rings (SSSR count). The molecule has 14 heavy (non-hydrogen) atoms. The fourth-order valence-electron chi connectivity index (χ4n) is 1.33. The van der Waals surface area contributed by atoms with Gasteiger partial charge in [-0.05, 0) is 0 Å². The lowest BCUT2D eigenvalue weighted by Gasteiger charge is -2.16. The summed E-state index contributed by atoms with van der Waals surface area (Å²) in [6.07, 6.45) is 1.59. The van der Waals surface area contributed by atoms with E-state index in [0.29, 0.717) is 34.0 Å². The summed E-state index contributed by atoms with van der Waals surface area (Å²) in [6, 6.07) is 0. The molecule has 0 aliphatic carbocycles. The lowest BCUT2D eigenvalue weighted by Crippen LogP contribution is -2.09. The summed E-state index contributed by atoms with van der Waals surface area (Å²) in [6.45, 7) is 3.64. The molecule has 0 aliphatic heterocycles. The maximum Gasteiger partial charge on any atom is 0.0824 e. The van der Waals surface area contributed by atoms with E-state index in [1.54, 1.807) is 13.1 Å². The van der Waals surface area contributed by atoms with Crippen LogP contribution in [0.4, 0.5) is 28.4 Å². The highest BCUT2D eigenvalue weighted by Gasteiger charge is 2.14. The molecule has 1 aromatic carbocycles. The zero-order chi connectivity index (χ0) is 10.9. The summed E-state index contributed by atoms with van der Waals surface area (Å²) in [7, 11) is 1.73. The van der Waals surface area contributed by atoms with Crippen LogP contribution in [0.1, 0.15) is 5.56 Å². The number of nitrogens with two attached hydrogens (primary N) is 4. The number of benzene rings is 1. The monoisotopic (exact) mass is 193 g/mol. The second-order valence-electron chi connectivity index (χ2n) is 2.90. The molecule has 1 aromatic rings. The fraction of sp³-hybridized carbons (Fsp3) is 0.111. The van der Waals surface area contributed by atoms with E-state index in [2.05, 4.69) is 11.9 Å². The average Bonchev–Trinajstić information content (AvgIpc) is 2.20. The van der Waals surface area contributed by atoms with Crippen LogP contribution in [0.3, 0.4) is 0 Å². The topological polar surface area (TPSA) is 116 Å². The molecule has 0 fully saturated rings. The van der Waals surface area contributed by atoms with Gasteiger partial charge in [-0.15, -0.1) is 0 Å². The Labute approximate surface area is 82.7 Å². The first-order valence-corrected chi connectivity index (χ1v) is 4.10. The van der Waals surface area contributed by atoms with E-state index in [1.807, 2.05) is 0 Å². The molecule has 0 heterocycles. The lowest BCUT2D eigenvalue weighted by atomic mass is 10.1. The molecule has 0 aliphatic rings. The van der Waals surface area contributed by atoms with Crippen LogP contribution >= 0.6 is 0 Å². The Morgan fingerprint density at radius 2 is 1.50 bits per heavy atom. The van der Waals surface area contributed by atoms with Gasteiger partial charge in [-0.1, -0.05) is 12.7 Å². The molecule has 0 spiro atoms. The maximum atomic E-state index is 5.77. The van der Waals surface area contributed by atoms with Crippen molar-refractivity contribution in [2.75, 3.05) is 35.3 Å². The highest BCUT2D eigenvalue weighted by molar-refractivity contribution is 6.00. The Morgan fingerprint density at radius 3 is 1.93 bits per heavy atom. The van der Waals surface area contributed by atoms with Gasteiger partial charge in [0.05, 0.1) is 28.4 Å². The summed E-state index contributed by atoms with van der Waals surface area (Å²) < 4.78 is 0. The zero-order valence-corrected chi connectivity index (χ0v) is 8.09. The summed E-state index contributed by atoms with van der Waals surface area (Å²) in [5.41, 5.74) is 25.6. The third kappa shape index (κ3) is 1.19. The number of anilines is 5. The molecular formula is C9H15N5. The second kappa shape index (κ2) is 3.37. The molecule has 0 radical (unpaired) electrons. The normalized spacial score (nSPS) is 9.79. The minimum Gasteiger partial charge on any atom is -0.396 e. The predicted molar refractivity (Wildman–Crippen MR) is 63.7 cm³/mol. The average molecular weight is 193 g/mol. The first kappa shape index (κ1) is 10.0. The largest absolute Gasteiger partial charge is 0.396 e. The number of hydrogen-bond donors (Lipinski definition) is 5. The second-order valence-corrected chi connectivity index (χ2v) is 2.90. The van der Waals surface area contributed by atoms with Crippen molar-refractivity contribution in [3.63, 3.8) is 0 Å². The highest BCUT2D eigenvalue weighted by Crippen LogP contribution is 2.40. The molecule has 0 bridgehead atoms. The van der Waals surface area contributed by atoms with Crippen molar-refractivity contribution in [2.24, 2.45) is 0 Å². The molecule has 5 heteroatoms. The summed E-state index contributed by atoms with van der Waals surface area (Å²) in [5.74, 6) is 0. The Morgan fingerprint density at radius 1 is 1.00 bits per heavy atom. The van der Waals surface area contributed by atoms with Crippen molar-refractivity contribution < 1.29 is 0 Å². The third-order valence-corrected chi connectivity index (χ3v) is 2.15. The van der Waals surface area contributed by atoms with E-state index in [0.717, 1.165) is 0 Å². The molecule has 0 aromatic heterocycles. The van der Waals surface area contributed by atoms with Gasteiger partial charge in [0.1, 0.15) is 0 Å². The summed E-state index contributed by atoms with van der Waals surface area (Å²) in [4.78, 5) is 0. The van der Waals surface area contributed by atoms with Gasteiger partial charge in [-0.2, -0.15) is 0 Å². The first-order chi connectivity index (χ1) is 6.54. The summed E-state index contributed by atoms with van der Waals surface area (Å²) >= 11 is 0. The lowest BCUT2D eigenvalue weighted by molar-refractivity contribution is 1.49. The Kier molecular flexibility index (Phi) is 2.42. The standard InChI is InChI=1S/C9H15N5/c1-3-4-5(10)6(11)7(12)8(13)9(4)14-2/h3,14H,1,10-13H2,2H3. The van der Waals surface area contributed by atoms with Crippen molar-refractivity contribution in [3.05, 3.63) is 12.1 Å². The molecule has 5 nitrogen and oxygen atoms in total. The van der Waals surface area contributed by atoms with Crippen molar-refractivity contribution in [1.82, 2.24) is 0 Å². The van der Waals surface area contributed by atoms with Crippen LogP contribution in [-0.2, 0) is 0 Å². The van der Waals surface area contributed by atoms with Crippen molar-refractivity contribution in [2.45, 2.75) is 0 Å². The van der Waals surface area contributed by atoms with Crippen LogP contribution in [-0.4, -0.2) is 7.05 Å². The van der Waals surface area contributed by atoms with E-state index in [9.17, 15) is 0 Å². The van der Waals surface area contributed by atoms with E-state index < -0.39 is 0 Å². The van der Waals surface area contributed by atoms with E-state index in [4.69, 9.17) is 22.9 Å². The van der Waals surface area contributed by atoms with Gasteiger partial charge >= 0.3 is 0 Å². The van der Waals surface area contributed by atoms with Crippen LogP contribution < -0.4 is 28.3 Å². The molecule has 0 saturated carbocycles. The fourth-order valence-corrected chi connectivity index (χ4v) is 1.33. The number of nitrogens with one attached hydrogen (secondary N) is 1. The molecule has 0 saturated heterocycles. The van der Waals surface area contributed by atoms with Crippen LogP contribution in [0, 0.1) is 0 Å². The minimum absolute atomic E-state index is 0.302. The van der Waals surface area contributed by atoms with Crippen molar-refractivity contribution in [1.29, 1.82) is 0 Å². The SMILES string of the molecule is C=Cc1c(N)c(N)c(N)c(N)c1NC. The molecule has 0 atom stereocenters. The molecule has 76 valence electrons. The van der Waals surface area contributed by atoms with E-state index in [-0.39, 0.29) is 0 Å². The maximum absolute atomic E-state index is 5.77. The van der Waals surface area contributed by atoms with E-state index >= 15 is 0 Å². The van der Waals surface area contributed by atoms with Gasteiger partial charge in [0.15, 0.2) is 0 Å². The van der Waals surface area contributed by atoms with Crippen LogP contribution in [0.15, 0.2) is 6.58 Å². The highest BCUT2D eigenvalue weighted by atomic mass is 14.9. The van der Waals surface area contributed by atoms with Gasteiger partial charge in [0, 0.05) is 12.6 Å². The Balaban J connectivity index is 3.65. The van der Waals surface area contributed by atoms with Crippen LogP contribution in [0.5, 0.6) is 0 Å². The number of hydrogen-bond acceptors (Lipinski definition) is 5. The van der Waals surface area contributed by atoms with Gasteiger partial charge in [0.25, 0.3) is 0 Å². The molecule has 9 N–H and O–H groups in total. The summed E-state index contributed by atoms with van der Waals surface area (Å²) in [5, 5.41) is 2.91. The smallest absolute Gasteiger partial charge is 0.0824 e. The van der Waals surface area contributed by atoms with Gasteiger partial charge in [-0.3, -0.25) is 0 Å². The Bertz CT molecular complexity index is 384. The van der Waals surface area contributed by atoms with Crippen molar-refractivity contribution >= 4 is 34.5 Å². The molecule has 0 unspecified atom stereocenters. The van der Waals surface area contributed by atoms with Crippen LogP contribution in [0.25, 0.3) is 6.08 Å². The van der Waals surface area contributed by atoms with Gasteiger partial charge < -0.3 is 28.3 Å². The van der Waals surface area contributed by atoms with Gasteiger partial charge in [0.2, 0.25) is 0 Å². The first-order valence-electron chi connectivity index (χ1n) is 4.10. The molecule has 0 amide bonds. The van der Waals surface area contributed by atoms with Crippen LogP contribution in [0.2, 0.25) is 0 Å². The third-order valence-electron chi connectivity index (χ3n) is 2.15. The quantitative estimate of drug-likeness (QED) is 0.443. The zero-order valence-electron chi connectivity index (χ0n) is 8.09. The minimum atomic E-state index is 0.302. The van der Waals surface area contributed by atoms with Gasteiger partial charge in [-0.25, -0.2) is 0 Å². The van der Waals surface area contributed by atoms with E-state index in [1.165, 1.54) is 0 Å². The predicted octanol–water partition coefficient (Wildman–Crippen LogP) is 0.700. The Hall–Kier alpha value is -2.04. The molecular weight excluding hydrogens is 178 g/mol. The number of rotatable bonds is 2. The number of nitrogen functional groups attached to an aromatic ring is 4.